The van der Waals surface area contributed by atoms with E-state index in [1.807, 2.05) is 68.4 Å². The van der Waals surface area contributed by atoms with E-state index >= 15 is 0 Å². The van der Waals surface area contributed by atoms with Crippen LogP contribution in [0.25, 0.3) is 10.8 Å². The van der Waals surface area contributed by atoms with E-state index in [1.165, 1.54) is 18.0 Å². The first-order valence-electron chi connectivity index (χ1n) is 13.4. The number of hydrogen-bond donors (Lipinski definition) is 1. The zero-order valence-electron chi connectivity index (χ0n) is 23.3. The third kappa shape index (κ3) is 7.52. The van der Waals surface area contributed by atoms with E-state index in [0.29, 0.717) is 10.6 Å². The summed E-state index contributed by atoms with van der Waals surface area (Å²) in [7, 11) is -2.63. The second-order valence-corrected chi connectivity index (χ2v) is 12.7. The number of halogens is 1. The molecule has 0 aromatic heterocycles. The van der Waals surface area contributed by atoms with Gasteiger partial charge in [-0.1, -0.05) is 90.5 Å². The molecule has 0 saturated heterocycles. The summed E-state index contributed by atoms with van der Waals surface area (Å²) in [5.41, 5.74) is 1.52. The Morgan fingerprint density at radius 2 is 1.49 bits per heavy atom. The Hall–Kier alpha value is -3.72. The predicted octanol–water partition coefficient (Wildman–Crippen LogP) is 5.28. The van der Waals surface area contributed by atoms with Gasteiger partial charge in [0.1, 0.15) is 6.04 Å². The SMILES string of the molecule is CC(C)NC(=O)[C@H](Cc1ccccc1)N(Cc1ccccc1Cl)C(=O)CN(C)S(=O)(=O)c1ccc2ccccc2c1. The largest absolute Gasteiger partial charge is 0.352 e. The van der Waals surface area contributed by atoms with E-state index in [2.05, 4.69) is 5.32 Å². The van der Waals surface area contributed by atoms with Crippen molar-refractivity contribution in [2.75, 3.05) is 13.6 Å². The number of fused-ring (bicyclic) bond motifs is 1. The Bertz CT molecular complexity index is 1630. The second kappa shape index (κ2) is 13.3. The number of rotatable bonds is 11. The Balaban J connectivity index is 1.68. The summed E-state index contributed by atoms with van der Waals surface area (Å²) in [6, 6.07) is 27.8. The van der Waals surface area contributed by atoms with Crippen LogP contribution in [0.1, 0.15) is 25.0 Å². The average Bonchev–Trinajstić information content (AvgIpc) is 2.95. The van der Waals surface area contributed by atoms with Crippen LogP contribution in [0.3, 0.4) is 0 Å². The molecule has 1 atom stereocenters. The Morgan fingerprint density at radius 3 is 2.17 bits per heavy atom. The third-order valence-corrected chi connectivity index (χ3v) is 8.96. The van der Waals surface area contributed by atoms with Gasteiger partial charge in [0.05, 0.1) is 11.4 Å². The highest BCUT2D eigenvalue weighted by Crippen LogP contribution is 2.23. The molecule has 2 amide bonds. The van der Waals surface area contributed by atoms with Crippen LogP contribution in [-0.4, -0.2) is 55.1 Å². The Morgan fingerprint density at radius 1 is 0.854 bits per heavy atom. The van der Waals surface area contributed by atoms with E-state index in [4.69, 9.17) is 11.6 Å². The van der Waals surface area contributed by atoms with Gasteiger partial charge in [-0.15, -0.1) is 0 Å². The molecule has 0 aliphatic heterocycles. The van der Waals surface area contributed by atoms with Crippen LogP contribution in [0.4, 0.5) is 0 Å². The molecule has 0 saturated carbocycles. The van der Waals surface area contributed by atoms with Crippen LogP contribution in [0.2, 0.25) is 5.02 Å². The smallest absolute Gasteiger partial charge is 0.243 e. The normalized spacial score (nSPS) is 12.4. The van der Waals surface area contributed by atoms with Crippen molar-refractivity contribution in [1.29, 1.82) is 0 Å². The van der Waals surface area contributed by atoms with Crippen molar-refractivity contribution in [2.45, 2.75) is 43.8 Å². The van der Waals surface area contributed by atoms with Gasteiger partial charge in [0, 0.05) is 31.1 Å². The molecule has 0 fully saturated rings. The van der Waals surface area contributed by atoms with Gasteiger partial charge in [-0.25, -0.2) is 8.42 Å². The van der Waals surface area contributed by atoms with Crippen LogP contribution >= 0.6 is 11.6 Å². The zero-order valence-corrected chi connectivity index (χ0v) is 24.9. The average molecular weight is 592 g/mol. The first kappa shape index (κ1) is 30.2. The summed E-state index contributed by atoms with van der Waals surface area (Å²) in [6.45, 7) is 3.27. The summed E-state index contributed by atoms with van der Waals surface area (Å²) < 4.78 is 28.1. The first-order valence-corrected chi connectivity index (χ1v) is 15.2. The molecule has 0 heterocycles. The molecule has 41 heavy (non-hydrogen) atoms. The summed E-state index contributed by atoms with van der Waals surface area (Å²) in [4.78, 5) is 29.0. The maximum absolute atomic E-state index is 14.0. The van der Waals surface area contributed by atoms with Gasteiger partial charge < -0.3 is 10.2 Å². The lowest BCUT2D eigenvalue weighted by Gasteiger charge is -2.33. The number of amides is 2. The maximum Gasteiger partial charge on any atom is 0.243 e. The minimum absolute atomic E-state index is 0.0331. The summed E-state index contributed by atoms with van der Waals surface area (Å²) in [5, 5.41) is 5.07. The topological polar surface area (TPSA) is 86.8 Å². The van der Waals surface area contributed by atoms with Gasteiger partial charge in [-0.05, 0) is 53.9 Å². The second-order valence-electron chi connectivity index (χ2n) is 10.3. The molecule has 0 unspecified atom stereocenters. The summed E-state index contributed by atoms with van der Waals surface area (Å²) in [6.07, 6.45) is 0.247. The number of benzene rings is 4. The van der Waals surface area contributed by atoms with Gasteiger partial charge in [0.25, 0.3) is 0 Å². The molecule has 4 aromatic rings. The van der Waals surface area contributed by atoms with Crippen LogP contribution in [0, 0.1) is 0 Å². The first-order chi connectivity index (χ1) is 19.6. The third-order valence-electron chi connectivity index (χ3n) is 6.79. The van der Waals surface area contributed by atoms with Crippen LogP contribution in [0.15, 0.2) is 102 Å². The molecule has 214 valence electrons. The van der Waals surface area contributed by atoms with Crippen molar-refractivity contribution in [2.24, 2.45) is 0 Å². The highest BCUT2D eigenvalue weighted by atomic mass is 35.5. The van der Waals surface area contributed by atoms with Crippen molar-refractivity contribution in [1.82, 2.24) is 14.5 Å². The number of carbonyl (C=O) groups excluding carboxylic acids is 2. The van der Waals surface area contributed by atoms with Crippen molar-refractivity contribution >= 4 is 44.2 Å². The number of sulfonamides is 1. The van der Waals surface area contributed by atoms with Crippen molar-refractivity contribution in [3.8, 4) is 0 Å². The van der Waals surface area contributed by atoms with Gasteiger partial charge >= 0.3 is 0 Å². The van der Waals surface area contributed by atoms with E-state index < -0.39 is 28.5 Å². The van der Waals surface area contributed by atoms with E-state index in [1.54, 1.807) is 36.4 Å². The molecule has 0 spiro atoms. The predicted molar refractivity (Wildman–Crippen MR) is 163 cm³/mol. The number of hydrogen-bond acceptors (Lipinski definition) is 4. The molecule has 7 nitrogen and oxygen atoms in total. The molecular weight excluding hydrogens is 558 g/mol. The van der Waals surface area contributed by atoms with Gasteiger partial charge in [0.15, 0.2) is 0 Å². The van der Waals surface area contributed by atoms with Crippen molar-refractivity contribution in [3.63, 3.8) is 0 Å². The molecular formula is C32H34ClN3O4S. The lowest BCUT2D eigenvalue weighted by molar-refractivity contribution is -0.141. The number of nitrogens with zero attached hydrogens (tertiary/aromatic N) is 2. The lowest BCUT2D eigenvalue weighted by Crippen LogP contribution is -2.54. The molecule has 0 radical (unpaired) electrons. The zero-order chi connectivity index (χ0) is 29.6. The molecule has 1 N–H and O–H groups in total. The number of nitrogens with one attached hydrogen (secondary N) is 1. The maximum atomic E-state index is 14.0. The molecule has 0 aliphatic rings. The fourth-order valence-electron chi connectivity index (χ4n) is 4.62. The minimum atomic E-state index is -4.00. The van der Waals surface area contributed by atoms with E-state index in [9.17, 15) is 18.0 Å². The Labute approximate surface area is 246 Å². The van der Waals surface area contributed by atoms with Gasteiger partial charge in [-0.2, -0.15) is 4.31 Å². The van der Waals surface area contributed by atoms with Crippen LogP contribution < -0.4 is 5.32 Å². The summed E-state index contributed by atoms with van der Waals surface area (Å²) >= 11 is 6.46. The number of likely N-dealkylation sites (N-methyl/N-ethyl adjacent to an activating group) is 1. The minimum Gasteiger partial charge on any atom is -0.352 e. The van der Waals surface area contributed by atoms with E-state index in [0.717, 1.165) is 20.6 Å². The van der Waals surface area contributed by atoms with Crippen molar-refractivity contribution in [3.05, 3.63) is 113 Å². The lowest BCUT2D eigenvalue weighted by atomic mass is 10.0. The van der Waals surface area contributed by atoms with Crippen LogP contribution in [0.5, 0.6) is 0 Å². The molecule has 4 aromatic carbocycles. The highest BCUT2D eigenvalue weighted by molar-refractivity contribution is 7.89. The standard InChI is InChI=1S/C32H34ClN3O4S/c1-23(2)34-32(38)30(19-24-11-5-4-6-12-24)36(21-27-15-9-10-16-29(27)33)31(37)22-35(3)41(39,40)28-18-17-25-13-7-8-14-26(25)20-28/h4-18,20,23,30H,19,21-22H2,1-3H3,(H,34,38)/t30-/m0/s1. The fourth-order valence-corrected chi connectivity index (χ4v) is 5.97. The summed E-state index contributed by atoms with van der Waals surface area (Å²) in [5.74, 6) is -0.846. The quantitative estimate of drug-likeness (QED) is 0.257. The number of carbonyl (C=O) groups is 2. The highest BCUT2D eigenvalue weighted by Gasteiger charge is 2.33. The monoisotopic (exact) mass is 591 g/mol. The van der Waals surface area contributed by atoms with Gasteiger partial charge in [-0.3, -0.25) is 9.59 Å². The fraction of sp³-hybridized carbons (Fsp3) is 0.250. The van der Waals surface area contributed by atoms with Crippen LogP contribution in [-0.2, 0) is 32.6 Å². The Kier molecular flexibility index (Phi) is 9.81. The van der Waals surface area contributed by atoms with Crippen molar-refractivity contribution < 1.29 is 18.0 Å². The van der Waals surface area contributed by atoms with E-state index in [-0.39, 0.29) is 29.8 Å². The molecule has 0 bridgehead atoms. The molecule has 0 aliphatic carbocycles. The van der Waals surface area contributed by atoms with Gasteiger partial charge in [0.2, 0.25) is 21.8 Å². The molecule has 9 heteroatoms. The molecule has 4 rings (SSSR count).